The third-order valence-electron chi connectivity index (χ3n) is 4.59. The Morgan fingerprint density at radius 1 is 1.07 bits per heavy atom. The smallest absolute Gasteiger partial charge is 0.306 e. The number of amides is 1. The summed E-state index contributed by atoms with van der Waals surface area (Å²) >= 11 is 1.57. The van der Waals surface area contributed by atoms with Crippen molar-refractivity contribution < 1.29 is 23.8 Å². The molecule has 1 aliphatic rings. The van der Waals surface area contributed by atoms with E-state index in [0.717, 1.165) is 32.3 Å². The van der Waals surface area contributed by atoms with E-state index >= 15 is 0 Å². The van der Waals surface area contributed by atoms with Gasteiger partial charge in [-0.2, -0.15) is 0 Å². The number of carbonyl (C=O) groups is 2. The van der Waals surface area contributed by atoms with E-state index < -0.39 is 5.97 Å². The van der Waals surface area contributed by atoms with Gasteiger partial charge in [-0.25, -0.2) is 4.98 Å². The zero-order valence-corrected chi connectivity index (χ0v) is 17.2. The summed E-state index contributed by atoms with van der Waals surface area (Å²) in [6, 6.07) is 13.6. The van der Waals surface area contributed by atoms with Gasteiger partial charge in [0.15, 0.2) is 18.1 Å². The van der Waals surface area contributed by atoms with Gasteiger partial charge >= 0.3 is 5.97 Å². The fourth-order valence-corrected chi connectivity index (χ4v) is 4.06. The van der Waals surface area contributed by atoms with E-state index in [0.29, 0.717) is 32.6 Å². The molecule has 4 rings (SSSR count). The Morgan fingerprint density at radius 3 is 2.77 bits per heavy atom. The molecule has 30 heavy (non-hydrogen) atoms. The fraction of sp³-hybridized carbons (Fsp3) is 0.318. The van der Waals surface area contributed by atoms with E-state index in [1.165, 1.54) is 0 Å². The lowest BCUT2D eigenvalue weighted by molar-refractivity contribution is -0.148. The van der Waals surface area contributed by atoms with Crippen LogP contribution < -0.4 is 14.8 Å². The largest absolute Gasteiger partial charge is 0.486 e. The van der Waals surface area contributed by atoms with Crippen LogP contribution >= 0.6 is 11.3 Å². The van der Waals surface area contributed by atoms with Gasteiger partial charge < -0.3 is 19.5 Å². The minimum absolute atomic E-state index is 0.199. The molecule has 7 nitrogen and oxygen atoms in total. The third kappa shape index (κ3) is 5.27. The lowest BCUT2D eigenvalue weighted by Gasteiger charge is -2.18. The van der Waals surface area contributed by atoms with E-state index in [1.807, 2.05) is 42.5 Å². The number of thiazole rings is 1. The number of ether oxygens (including phenoxy) is 3. The van der Waals surface area contributed by atoms with E-state index in [4.69, 9.17) is 14.2 Å². The van der Waals surface area contributed by atoms with E-state index in [9.17, 15) is 9.59 Å². The first kappa shape index (κ1) is 20.2. The number of benzene rings is 2. The van der Waals surface area contributed by atoms with E-state index in [-0.39, 0.29) is 18.9 Å². The molecule has 0 fully saturated rings. The molecule has 0 unspecified atom stereocenters. The summed E-state index contributed by atoms with van der Waals surface area (Å²) in [4.78, 5) is 28.3. The average molecular weight is 426 g/mol. The highest BCUT2D eigenvalue weighted by Gasteiger charge is 2.12. The van der Waals surface area contributed by atoms with Crippen LogP contribution in [0, 0.1) is 0 Å². The molecule has 0 bridgehead atoms. The van der Waals surface area contributed by atoms with Crippen molar-refractivity contribution in [1.29, 1.82) is 0 Å². The van der Waals surface area contributed by atoms with Gasteiger partial charge in [0.25, 0.3) is 5.91 Å². The Labute approximate surface area is 178 Å². The summed E-state index contributed by atoms with van der Waals surface area (Å²) in [5.74, 6) is 0.746. The van der Waals surface area contributed by atoms with Crippen molar-refractivity contribution in [3.8, 4) is 11.5 Å². The molecular formula is C22H22N2O5S. The molecular weight excluding hydrogens is 404 g/mol. The SMILES string of the molecule is O=C(COC(=O)CCc1nc2ccccc2s1)NCCc1ccc2c(c1)OCCO2. The number of esters is 1. The summed E-state index contributed by atoms with van der Waals surface area (Å²) < 4.78 is 17.2. The van der Waals surface area contributed by atoms with Crippen molar-refractivity contribution in [2.24, 2.45) is 0 Å². The number of aromatic nitrogens is 1. The van der Waals surface area contributed by atoms with Crippen molar-refractivity contribution in [2.45, 2.75) is 19.3 Å². The quantitative estimate of drug-likeness (QED) is 0.558. The first-order valence-electron chi connectivity index (χ1n) is 9.83. The molecule has 0 aliphatic carbocycles. The van der Waals surface area contributed by atoms with Crippen LogP contribution in [0.5, 0.6) is 11.5 Å². The second-order valence-electron chi connectivity index (χ2n) is 6.81. The summed E-state index contributed by atoms with van der Waals surface area (Å²) in [6.45, 7) is 1.26. The molecule has 8 heteroatoms. The van der Waals surface area contributed by atoms with Gasteiger partial charge in [-0.15, -0.1) is 11.3 Å². The average Bonchev–Trinajstić information content (AvgIpc) is 3.19. The topological polar surface area (TPSA) is 86.8 Å². The molecule has 1 N–H and O–H groups in total. The maximum Gasteiger partial charge on any atom is 0.306 e. The van der Waals surface area contributed by atoms with Crippen molar-refractivity contribution in [3.63, 3.8) is 0 Å². The molecule has 0 atom stereocenters. The van der Waals surface area contributed by atoms with Crippen molar-refractivity contribution in [1.82, 2.24) is 10.3 Å². The normalized spacial score (nSPS) is 12.5. The number of aryl methyl sites for hydroxylation is 1. The molecule has 0 saturated carbocycles. The monoisotopic (exact) mass is 426 g/mol. The predicted octanol–water partition coefficient (Wildman–Crippen LogP) is 2.90. The van der Waals surface area contributed by atoms with Crippen LogP contribution in [-0.4, -0.2) is 43.2 Å². The van der Waals surface area contributed by atoms with Crippen LogP contribution in [0.4, 0.5) is 0 Å². The maximum atomic E-state index is 11.9. The van der Waals surface area contributed by atoms with Gasteiger partial charge in [0, 0.05) is 13.0 Å². The summed E-state index contributed by atoms with van der Waals surface area (Å²) in [7, 11) is 0. The number of nitrogens with one attached hydrogen (secondary N) is 1. The molecule has 0 saturated heterocycles. The Hall–Kier alpha value is -3.13. The lowest BCUT2D eigenvalue weighted by Crippen LogP contribution is -2.30. The highest BCUT2D eigenvalue weighted by molar-refractivity contribution is 7.18. The highest BCUT2D eigenvalue weighted by atomic mass is 32.1. The second kappa shape index (κ2) is 9.58. The molecule has 156 valence electrons. The predicted molar refractivity (Wildman–Crippen MR) is 113 cm³/mol. The number of rotatable bonds is 8. The number of hydrogen-bond donors (Lipinski definition) is 1. The number of carbonyl (C=O) groups excluding carboxylic acids is 2. The highest BCUT2D eigenvalue weighted by Crippen LogP contribution is 2.30. The third-order valence-corrected chi connectivity index (χ3v) is 5.68. The second-order valence-corrected chi connectivity index (χ2v) is 7.93. The van der Waals surface area contributed by atoms with Crippen molar-refractivity contribution in [2.75, 3.05) is 26.4 Å². The van der Waals surface area contributed by atoms with Gasteiger partial charge in [-0.3, -0.25) is 9.59 Å². The van der Waals surface area contributed by atoms with Gasteiger partial charge in [0.2, 0.25) is 0 Å². The van der Waals surface area contributed by atoms with Crippen molar-refractivity contribution >= 4 is 33.4 Å². The molecule has 0 radical (unpaired) electrons. The fourth-order valence-electron chi connectivity index (χ4n) is 3.09. The molecule has 1 amide bonds. The van der Waals surface area contributed by atoms with Crippen LogP contribution in [0.25, 0.3) is 10.2 Å². The Balaban J connectivity index is 1.14. The van der Waals surface area contributed by atoms with Gasteiger partial charge in [0.1, 0.15) is 13.2 Å². The van der Waals surface area contributed by atoms with Gasteiger partial charge in [-0.05, 0) is 36.2 Å². The summed E-state index contributed by atoms with van der Waals surface area (Å²) in [5, 5.41) is 3.65. The zero-order chi connectivity index (χ0) is 20.8. The number of hydrogen-bond acceptors (Lipinski definition) is 7. The molecule has 1 aliphatic heterocycles. The zero-order valence-electron chi connectivity index (χ0n) is 16.4. The van der Waals surface area contributed by atoms with Crippen LogP contribution in [0.3, 0.4) is 0 Å². The minimum atomic E-state index is -0.406. The molecule has 1 aromatic heterocycles. The first-order valence-corrected chi connectivity index (χ1v) is 10.6. The van der Waals surface area contributed by atoms with Crippen LogP contribution in [0.15, 0.2) is 42.5 Å². The first-order chi connectivity index (χ1) is 14.7. The Bertz CT molecular complexity index is 1020. The number of fused-ring (bicyclic) bond motifs is 2. The maximum absolute atomic E-state index is 11.9. The Morgan fingerprint density at radius 2 is 1.90 bits per heavy atom. The molecule has 2 heterocycles. The van der Waals surface area contributed by atoms with E-state index in [1.54, 1.807) is 11.3 Å². The molecule has 0 spiro atoms. The summed E-state index contributed by atoms with van der Waals surface area (Å²) in [6.07, 6.45) is 1.35. The van der Waals surface area contributed by atoms with Crippen LogP contribution in [-0.2, 0) is 27.2 Å². The number of nitrogens with zero attached hydrogens (tertiary/aromatic N) is 1. The summed E-state index contributed by atoms with van der Waals surface area (Å²) in [5.41, 5.74) is 1.97. The standard InChI is InChI=1S/C22H22N2O5S/c25-20(23-10-9-15-5-6-17-18(13-15)28-12-11-27-17)14-29-22(26)8-7-21-24-16-3-1-2-4-19(16)30-21/h1-6,13H,7-12,14H2,(H,23,25). The number of para-hydroxylation sites is 1. The lowest BCUT2D eigenvalue weighted by atomic mass is 10.1. The van der Waals surface area contributed by atoms with Gasteiger partial charge in [0.05, 0.1) is 21.6 Å². The van der Waals surface area contributed by atoms with Crippen LogP contribution in [0.2, 0.25) is 0 Å². The minimum Gasteiger partial charge on any atom is -0.486 e. The van der Waals surface area contributed by atoms with Crippen molar-refractivity contribution in [3.05, 3.63) is 53.0 Å². The van der Waals surface area contributed by atoms with Gasteiger partial charge in [-0.1, -0.05) is 18.2 Å². The Kier molecular flexibility index (Phi) is 6.44. The molecule has 2 aromatic carbocycles. The van der Waals surface area contributed by atoms with Crippen LogP contribution in [0.1, 0.15) is 17.0 Å². The van der Waals surface area contributed by atoms with E-state index in [2.05, 4.69) is 10.3 Å². The molecule has 3 aromatic rings.